The summed E-state index contributed by atoms with van der Waals surface area (Å²) in [5.74, 6) is 1.45. The van der Waals surface area contributed by atoms with Crippen LogP contribution in [0.25, 0.3) is 0 Å². The molecule has 0 radical (unpaired) electrons. The van der Waals surface area contributed by atoms with E-state index in [0.29, 0.717) is 30.6 Å². The van der Waals surface area contributed by atoms with E-state index in [1.807, 2.05) is 32.0 Å². The lowest BCUT2D eigenvalue weighted by Gasteiger charge is -2.26. The molecule has 2 rings (SSSR count). The van der Waals surface area contributed by atoms with Crippen LogP contribution in [0.3, 0.4) is 0 Å². The summed E-state index contributed by atoms with van der Waals surface area (Å²) in [5, 5.41) is 14.5. The molecule has 0 fully saturated rings. The van der Waals surface area contributed by atoms with Crippen molar-refractivity contribution in [1.29, 1.82) is 0 Å². The number of anilines is 1. The second-order valence-corrected chi connectivity index (χ2v) is 6.69. The summed E-state index contributed by atoms with van der Waals surface area (Å²) in [5.41, 5.74) is 1.81. The lowest BCUT2D eigenvalue weighted by molar-refractivity contribution is -0.384. The molecule has 7 nitrogen and oxygen atoms in total. The van der Waals surface area contributed by atoms with Crippen LogP contribution in [-0.2, 0) is 6.54 Å². The van der Waals surface area contributed by atoms with E-state index in [4.69, 9.17) is 21.7 Å². The lowest BCUT2D eigenvalue weighted by Crippen LogP contribution is -2.34. The zero-order valence-corrected chi connectivity index (χ0v) is 17.8. The predicted octanol–water partition coefficient (Wildman–Crippen LogP) is 5.00. The number of nitro groups is 1. The van der Waals surface area contributed by atoms with Gasteiger partial charge < -0.3 is 19.7 Å². The fourth-order valence-electron chi connectivity index (χ4n) is 2.81. The highest BCUT2D eigenvalue weighted by Gasteiger charge is 2.13. The highest BCUT2D eigenvalue weighted by atomic mass is 32.1. The van der Waals surface area contributed by atoms with Crippen molar-refractivity contribution < 1.29 is 14.4 Å². The molecule has 0 saturated heterocycles. The number of nitro benzene ring substituents is 1. The quantitative estimate of drug-likeness (QED) is 0.331. The Kier molecular flexibility index (Phi) is 8.67. The normalized spacial score (nSPS) is 10.3. The number of benzene rings is 2. The third-order valence-electron chi connectivity index (χ3n) is 4.09. The average molecular weight is 418 g/mol. The summed E-state index contributed by atoms with van der Waals surface area (Å²) in [6, 6.07) is 12.1. The summed E-state index contributed by atoms with van der Waals surface area (Å²) >= 11 is 5.58. The maximum atomic E-state index is 10.8. The Bertz CT molecular complexity index is 827. The van der Waals surface area contributed by atoms with Crippen LogP contribution < -0.4 is 14.8 Å². The van der Waals surface area contributed by atoms with E-state index in [1.165, 1.54) is 12.1 Å². The van der Waals surface area contributed by atoms with Crippen molar-refractivity contribution in [3.63, 3.8) is 0 Å². The van der Waals surface area contributed by atoms with Gasteiger partial charge in [-0.3, -0.25) is 10.1 Å². The van der Waals surface area contributed by atoms with Gasteiger partial charge >= 0.3 is 0 Å². The van der Waals surface area contributed by atoms with Crippen LogP contribution in [0.1, 0.15) is 32.8 Å². The van der Waals surface area contributed by atoms with Gasteiger partial charge in [0.15, 0.2) is 16.6 Å². The molecule has 0 unspecified atom stereocenters. The Morgan fingerprint density at radius 1 is 1.07 bits per heavy atom. The van der Waals surface area contributed by atoms with Crippen LogP contribution in [0, 0.1) is 10.1 Å². The first-order valence-corrected chi connectivity index (χ1v) is 10.1. The van der Waals surface area contributed by atoms with Gasteiger partial charge in [-0.1, -0.05) is 13.0 Å². The first-order chi connectivity index (χ1) is 14.0. The third kappa shape index (κ3) is 6.60. The molecule has 0 aliphatic rings. The van der Waals surface area contributed by atoms with Crippen LogP contribution in [0.4, 0.5) is 11.4 Å². The monoisotopic (exact) mass is 417 g/mol. The number of nitrogens with one attached hydrogen (secondary N) is 1. The summed E-state index contributed by atoms with van der Waals surface area (Å²) in [6.07, 6.45) is 0.928. The molecule has 29 heavy (non-hydrogen) atoms. The second kappa shape index (κ2) is 11.2. The topological polar surface area (TPSA) is 76.9 Å². The van der Waals surface area contributed by atoms with Gasteiger partial charge in [0.25, 0.3) is 5.69 Å². The fourth-order valence-corrected chi connectivity index (χ4v) is 3.08. The van der Waals surface area contributed by atoms with Crippen molar-refractivity contribution in [3.8, 4) is 11.5 Å². The Hall–Kier alpha value is -2.87. The zero-order chi connectivity index (χ0) is 21.2. The molecule has 8 heteroatoms. The van der Waals surface area contributed by atoms with Crippen molar-refractivity contribution in [2.24, 2.45) is 0 Å². The van der Waals surface area contributed by atoms with Crippen LogP contribution >= 0.6 is 12.2 Å². The van der Waals surface area contributed by atoms with E-state index in [-0.39, 0.29) is 5.69 Å². The standard InChI is InChI=1S/C21H27N3O4S/c1-4-13-23(21(29)22-17-8-10-18(11-9-17)24(25)26)15-16-7-12-19(27-5-2)20(14-16)28-6-3/h7-12,14H,4-6,13,15H2,1-3H3,(H,22,29). The molecule has 0 aromatic heterocycles. The Morgan fingerprint density at radius 2 is 1.72 bits per heavy atom. The molecule has 2 aromatic carbocycles. The van der Waals surface area contributed by atoms with Gasteiger partial charge in [0, 0.05) is 30.9 Å². The maximum Gasteiger partial charge on any atom is 0.269 e. The largest absolute Gasteiger partial charge is 0.490 e. The van der Waals surface area contributed by atoms with E-state index in [9.17, 15) is 10.1 Å². The van der Waals surface area contributed by atoms with Crippen LogP contribution in [0.5, 0.6) is 11.5 Å². The van der Waals surface area contributed by atoms with Gasteiger partial charge in [0.1, 0.15) is 0 Å². The molecule has 0 aliphatic carbocycles. The van der Waals surface area contributed by atoms with E-state index < -0.39 is 4.92 Å². The minimum Gasteiger partial charge on any atom is -0.490 e. The van der Waals surface area contributed by atoms with E-state index in [2.05, 4.69) is 17.1 Å². The molecular formula is C21H27N3O4S. The summed E-state index contributed by atoms with van der Waals surface area (Å²) in [7, 11) is 0. The Morgan fingerprint density at radius 3 is 2.31 bits per heavy atom. The Labute approximate surface area is 176 Å². The van der Waals surface area contributed by atoms with Crippen LogP contribution in [0.15, 0.2) is 42.5 Å². The minimum atomic E-state index is -0.423. The van der Waals surface area contributed by atoms with Gasteiger partial charge in [-0.05, 0) is 62.3 Å². The van der Waals surface area contributed by atoms with Gasteiger partial charge in [0.2, 0.25) is 0 Å². The highest BCUT2D eigenvalue weighted by Crippen LogP contribution is 2.29. The summed E-state index contributed by atoms with van der Waals surface area (Å²) in [4.78, 5) is 12.4. The Balaban J connectivity index is 2.12. The second-order valence-electron chi connectivity index (χ2n) is 6.30. The van der Waals surface area contributed by atoms with Crippen molar-refractivity contribution in [2.45, 2.75) is 33.7 Å². The molecule has 0 amide bonds. The zero-order valence-electron chi connectivity index (χ0n) is 17.0. The molecule has 0 atom stereocenters. The molecule has 1 N–H and O–H groups in total. The van der Waals surface area contributed by atoms with E-state index >= 15 is 0 Å². The van der Waals surface area contributed by atoms with Crippen molar-refractivity contribution in [1.82, 2.24) is 4.90 Å². The van der Waals surface area contributed by atoms with Crippen molar-refractivity contribution >= 4 is 28.7 Å². The lowest BCUT2D eigenvalue weighted by atomic mass is 10.2. The van der Waals surface area contributed by atoms with Crippen molar-refractivity contribution in [2.75, 3.05) is 25.1 Å². The first-order valence-electron chi connectivity index (χ1n) is 9.67. The maximum absolute atomic E-state index is 10.8. The molecule has 0 bridgehead atoms. The number of rotatable bonds is 10. The predicted molar refractivity (Wildman–Crippen MR) is 119 cm³/mol. The molecule has 0 saturated carbocycles. The number of ether oxygens (including phenoxy) is 2. The van der Waals surface area contributed by atoms with Crippen molar-refractivity contribution in [3.05, 3.63) is 58.1 Å². The van der Waals surface area contributed by atoms with Gasteiger partial charge in [-0.25, -0.2) is 0 Å². The summed E-state index contributed by atoms with van der Waals surface area (Å²) < 4.78 is 11.3. The minimum absolute atomic E-state index is 0.0460. The van der Waals surface area contributed by atoms with E-state index in [0.717, 1.165) is 30.0 Å². The molecule has 0 aliphatic heterocycles. The molecular weight excluding hydrogens is 390 g/mol. The summed E-state index contributed by atoms with van der Waals surface area (Å²) in [6.45, 7) is 8.48. The number of hydrogen-bond acceptors (Lipinski definition) is 5. The number of hydrogen-bond donors (Lipinski definition) is 1. The number of thiocarbonyl (C=S) groups is 1. The van der Waals surface area contributed by atoms with Gasteiger partial charge in [0.05, 0.1) is 18.1 Å². The van der Waals surface area contributed by atoms with Gasteiger partial charge in [-0.2, -0.15) is 0 Å². The van der Waals surface area contributed by atoms with E-state index in [1.54, 1.807) is 12.1 Å². The van der Waals surface area contributed by atoms with Crippen LogP contribution in [0.2, 0.25) is 0 Å². The average Bonchev–Trinajstić information content (AvgIpc) is 2.70. The third-order valence-corrected chi connectivity index (χ3v) is 4.45. The number of nitrogens with zero attached hydrogens (tertiary/aromatic N) is 2. The molecule has 2 aromatic rings. The number of non-ortho nitro benzene ring substituents is 1. The fraction of sp³-hybridized carbons (Fsp3) is 0.381. The molecule has 0 spiro atoms. The first kappa shape index (κ1) is 22.4. The van der Waals surface area contributed by atoms with Gasteiger partial charge in [-0.15, -0.1) is 0 Å². The molecule has 0 heterocycles. The highest BCUT2D eigenvalue weighted by molar-refractivity contribution is 7.80. The SMILES string of the molecule is CCCN(Cc1ccc(OCC)c(OCC)c1)C(=S)Nc1ccc([N+](=O)[O-])cc1. The van der Waals surface area contributed by atoms with Crippen LogP contribution in [-0.4, -0.2) is 34.7 Å². The smallest absolute Gasteiger partial charge is 0.269 e. The molecule has 156 valence electrons.